The minimum atomic E-state index is -3.82. The van der Waals surface area contributed by atoms with E-state index in [4.69, 9.17) is 11.6 Å². The van der Waals surface area contributed by atoms with Gasteiger partial charge in [-0.1, -0.05) is 48.0 Å². The summed E-state index contributed by atoms with van der Waals surface area (Å²) in [6.45, 7) is 0.124. The fourth-order valence-corrected chi connectivity index (χ4v) is 4.35. The van der Waals surface area contributed by atoms with Gasteiger partial charge in [0.05, 0.1) is 14.1 Å². The van der Waals surface area contributed by atoms with E-state index in [9.17, 15) is 18.0 Å². The van der Waals surface area contributed by atoms with Crippen molar-refractivity contribution in [2.45, 2.75) is 11.4 Å². The molecule has 29 heavy (non-hydrogen) atoms. The molecule has 1 heterocycles. The molecule has 0 aliphatic rings. The number of sulfonamides is 1. The average molecular weight is 450 g/mol. The highest BCUT2D eigenvalue weighted by molar-refractivity contribution is 7.89. The minimum absolute atomic E-state index is 0.0579. The van der Waals surface area contributed by atoms with Crippen LogP contribution in [0.15, 0.2) is 71.6 Å². The zero-order valence-corrected chi connectivity index (χ0v) is 17.3. The Morgan fingerprint density at radius 3 is 2.31 bits per heavy atom. The van der Waals surface area contributed by atoms with Crippen LogP contribution < -0.4 is 15.6 Å². The van der Waals surface area contributed by atoms with Crippen LogP contribution >= 0.6 is 22.9 Å². The topological polar surface area (TPSA) is 104 Å². The molecule has 150 valence electrons. The van der Waals surface area contributed by atoms with Crippen molar-refractivity contribution in [3.63, 3.8) is 0 Å². The van der Waals surface area contributed by atoms with Crippen LogP contribution in [0.1, 0.15) is 25.6 Å². The molecule has 10 heteroatoms. The highest BCUT2D eigenvalue weighted by atomic mass is 35.5. The predicted octanol–water partition coefficient (Wildman–Crippen LogP) is 2.95. The molecule has 1 aromatic heterocycles. The Morgan fingerprint density at radius 1 is 0.897 bits per heavy atom. The van der Waals surface area contributed by atoms with Crippen molar-refractivity contribution >= 4 is 44.8 Å². The van der Waals surface area contributed by atoms with Gasteiger partial charge < -0.3 is 0 Å². The van der Waals surface area contributed by atoms with Crippen LogP contribution in [-0.4, -0.2) is 20.2 Å². The van der Waals surface area contributed by atoms with Crippen LogP contribution in [0.3, 0.4) is 0 Å². The maximum atomic E-state index is 12.5. The Labute approximate surface area is 176 Å². The molecule has 3 aromatic rings. The number of hydrogen-bond acceptors (Lipinski definition) is 5. The van der Waals surface area contributed by atoms with Crippen LogP contribution in [0.2, 0.25) is 4.34 Å². The van der Waals surface area contributed by atoms with Gasteiger partial charge in [-0.3, -0.25) is 20.4 Å². The van der Waals surface area contributed by atoms with Crippen LogP contribution in [0, 0.1) is 0 Å². The van der Waals surface area contributed by atoms with Crippen molar-refractivity contribution in [3.05, 3.63) is 87.1 Å². The number of halogens is 1. The molecule has 0 saturated carbocycles. The number of hydrazine groups is 1. The minimum Gasteiger partial charge on any atom is -0.267 e. The molecule has 2 aromatic carbocycles. The molecule has 3 N–H and O–H groups in total. The molecule has 3 rings (SSSR count). The Bertz CT molecular complexity index is 1130. The summed E-state index contributed by atoms with van der Waals surface area (Å²) < 4.78 is 28.0. The first kappa shape index (κ1) is 21.0. The second kappa shape index (κ2) is 9.19. The van der Waals surface area contributed by atoms with Gasteiger partial charge in [-0.25, -0.2) is 13.1 Å². The van der Waals surface area contributed by atoms with Gasteiger partial charge in [0.1, 0.15) is 0 Å². The summed E-state index contributed by atoms with van der Waals surface area (Å²) in [6, 6.07) is 17.7. The zero-order chi connectivity index (χ0) is 20.9. The third-order valence-corrected chi connectivity index (χ3v) is 6.43. The van der Waals surface area contributed by atoms with Gasteiger partial charge in [-0.15, -0.1) is 11.3 Å². The van der Waals surface area contributed by atoms with E-state index in [1.165, 1.54) is 30.3 Å². The van der Waals surface area contributed by atoms with E-state index in [2.05, 4.69) is 15.6 Å². The zero-order valence-electron chi connectivity index (χ0n) is 14.9. The number of rotatable bonds is 6. The highest BCUT2D eigenvalue weighted by Crippen LogP contribution is 2.21. The van der Waals surface area contributed by atoms with Crippen LogP contribution in [0.5, 0.6) is 0 Å². The van der Waals surface area contributed by atoms with E-state index < -0.39 is 21.8 Å². The van der Waals surface area contributed by atoms with Gasteiger partial charge in [-0.05, 0) is 35.9 Å². The SMILES string of the molecule is O=C(NNC(=O)c1ccc(Cl)s1)c1cccc(S(=O)(=O)NCc2ccccc2)c1. The van der Waals surface area contributed by atoms with Crippen molar-refractivity contribution in [3.8, 4) is 0 Å². The number of benzene rings is 2. The van der Waals surface area contributed by atoms with Gasteiger partial charge in [0.2, 0.25) is 10.0 Å². The Balaban J connectivity index is 1.64. The Morgan fingerprint density at radius 2 is 1.62 bits per heavy atom. The first-order chi connectivity index (χ1) is 13.8. The lowest BCUT2D eigenvalue weighted by atomic mass is 10.2. The van der Waals surface area contributed by atoms with Gasteiger partial charge in [0.15, 0.2) is 0 Å². The lowest BCUT2D eigenvalue weighted by Gasteiger charge is -2.09. The van der Waals surface area contributed by atoms with E-state index in [0.717, 1.165) is 16.9 Å². The summed E-state index contributed by atoms with van der Waals surface area (Å²) in [5.74, 6) is -1.18. The number of carbonyl (C=O) groups excluding carboxylic acids is 2. The fourth-order valence-electron chi connectivity index (χ4n) is 2.35. The third kappa shape index (κ3) is 5.64. The van der Waals surface area contributed by atoms with E-state index in [1.54, 1.807) is 18.2 Å². The first-order valence-corrected chi connectivity index (χ1v) is 11.0. The van der Waals surface area contributed by atoms with Crippen molar-refractivity contribution < 1.29 is 18.0 Å². The molecule has 0 fully saturated rings. The molecule has 0 radical (unpaired) electrons. The quantitative estimate of drug-likeness (QED) is 0.503. The molecule has 2 amide bonds. The van der Waals surface area contributed by atoms with Crippen molar-refractivity contribution in [1.29, 1.82) is 0 Å². The number of nitrogens with one attached hydrogen (secondary N) is 3. The monoisotopic (exact) mass is 449 g/mol. The molecular formula is C19H16ClN3O4S2. The van der Waals surface area contributed by atoms with Crippen molar-refractivity contribution in [1.82, 2.24) is 15.6 Å². The smallest absolute Gasteiger partial charge is 0.267 e. The van der Waals surface area contributed by atoms with E-state index in [-0.39, 0.29) is 17.0 Å². The van der Waals surface area contributed by atoms with Crippen molar-refractivity contribution in [2.75, 3.05) is 0 Å². The molecule has 0 bridgehead atoms. The summed E-state index contributed by atoms with van der Waals surface area (Å²) in [6.07, 6.45) is 0. The third-order valence-electron chi connectivity index (χ3n) is 3.80. The van der Waals surface area contributed by atoms with E-state index >= 15 is 0 Å². The molecule has 0 unspecified atom stereocenters. The Kier molecular flexibility index (Phi) is 6.65. The predicted molar refractivity (Wildman–Crippen MR) is 111 cm³/mol. The van der Waals surface area contributed by atoms with Crippen molar-refractivity contribution in [2.24, 2.45) is 0 Å². The largest absolute Gasteiger partial charge is 0.279 e. The lowest BCUT2D eigenvalue weighted by molar-refractivity contribution is 0.0849. The standard InChI is InChI=1S/C19H16ClN3O4S2/c20-17-10-9-16(28-17)19(25)23-22-18(24)14-7-4-8-15(11-14)29(26,27)21-12-13-5-2-1-3-6-13/h1-11,21H,12H2,(H,22,24)(H,23,25). The van der Waals surface area contributed by atoms with Gasteiger partial charge >= 0.3 is 0 Å². The maximum absolute atomic E-state index is 12.5. The summed E-state index contributed by atoms with van der Waals surface area (Å²) in [7, 11) is -3.82. The normalized spacial score (nSPS) is 11.1. The molecule has 0 atom stereocenters. The van der Waals surface area contributed by atoms with Crippen LogP contribution in [-0.2, 0) is 16.6 Å². The number of thiophene rings is 1. The number of carbonyl (C=O) groups is 2. The second-order valence-electron chi connectivity index (χ2n) is 5.85. The van der Waals surface area contributed by atoms with Crippen LogP contribution in [0.25, 0.3) is 0 Å². The summed E-state index contributed by atoms with van der Waals surface area (Å²) >= 11 is 6.84. The van der Waals surface area contributed by atoms with Crippen LogP contribution in [0.4, 0.5) is 0 Å². The Hall–Kier alpha value is -2.72. The van der Waals surface area contributed by atoms with E-state index in [1.807, 2.05) is 18.2 Å². The fraction of sp³-hybridized carbons (Fsp3) is 0.0526. The first-order valence-electron chi connectivity index (χ1n) is 8.35. The summed E-state index contributed by atoms with van der Waals surface area (Å²) in [4.78, 5) is 24.5. The molecule has 0 saturated heterocycles. The molecule has 0 aliphatic heterocycles. The van der Waals surface area contributed by atoms with Gasteiger partial charge in [0, 0.05) is 12.1 Å². The lowest BCUT2D eigenvalue weighted by Crippen LogP contribution is -2.41. The highest BCUT2D eigenvalue weighted by Gasteiger charge is 2.17. The molecule has 0 spiro atoms. The number of hydrogen-bond donors (Lipinski definition) is 3. The molecular weight excluding hydrogens is 434 g/mol. The maximum Gasteiger partial charge on any atom is 0.279 e. The second-order valence-corrected chi connectivity index (χ2v) is 9.33. The molecule has 7 nitrogen and oxygen atoms in total. The van der Waals surface area contributed by atoms with E-state index in [0.29, 0.717) is 9.21 Å². The summed E-state index contributed by atoms with van der Waals surface area (Å²) in [5, 5.41) is 0. The summed E-state index contributed by atoms with van der Waals surface area (Å²) in [5.41, 5.74) is 5.40. The number of amides is 2. The molecule has 0 aliphatic carbocycles. The van der Waals surface area contributed by atoms with Gasteiger partial charge in [-0.2, -0.15) is 0 Å². The van der Waals surface area contributed by atoms with Gasteiger partial charge in [0.25, 0.3) is 11.8 Å². The average Bonchev–Trinajstić information content (AvgIpc) is 3.17.